The third-order valence-corrected chi connectivity index (χ3v) is 6.62. The number of aromatic nitrogens is 2. The number of ether oxygens (including phenoxy) is 1. The summed E-state index contributed by atoms with van der Waals surface area (Å²) in [6, 6.07) is 1.70. The fraction of sp³-hybridized carbons (Fsp3) is 0.400. The number of hydrogen-bond donors (Lipinski definition) is 1. The summed E-state index contributed by atoms with van der Waals surface area (Å²) in [5.41, 5.74) is 0.814. The van der Waals surface area contributed by atoms with Crippen molar-refractivity contribution in [2.75, 3.05) is 11.9 Å². The molecule has 29 heavy (non-hydrogen) atoms. The average molecular weight is 434 g/mol. The summed E-state index contributed by atoms with van der Waals surface area (Å²) >= 11 is 2.49. The van der Waals surface area contributed by atoms with E-state index in [2.05, 4.69) is 17.2 Å². The molecule has 0 spiro atoms. The van der Waals surface area contributed by atoms with Gasteiger partial charge in [-0.05, 0) is 38.8 Å². The third kappa shape index (κ3) is 4.25. The van der Waals surface area contributed by atoms with E-state index >= 15 is 0 Å². The molecule has 7 nitrogen and oxygen atoms in total. The lowest BCUT2D eigenvalue weighted by atomic mass is 10.2. The maximum atomic E-state index is 12.9. The number of rotatable bonds is 7. The number of unbranched alkanes of at least 4 members (excludes halogenated alkanes) is 1. The predicted octanol–water partition coefficient (Wildman–Crippen LogP) is 4.37. The molecule has 154 valence electrons. The number of amides is 1. The van der Waals surface area contributed by atoms with Crippen molar-refractivity contribution >= 4 is 49.8 Å². The van der Waals surface area contributed by atoms with E-state index in [1.807, 2.05) is 6.92 Å². The zero-order valence-electron chi connectivity index (χ0n) is 16.8. The number of aryl methyl sites for hydroxylation is 3. The Hall–Kier alpha value is -2.52. The minimum atomic E-state index is -0.472. The number of carbonyl (C=O) groups excluding carboxylic acids is 2. The molecule has 9 heteroatoms. The summed E-state index contributed by atoms with van der Waals surface area (Å²) in [7, 11) is 0. The van der Waals surface area contributed by atoms with Gasteiger partial charge in [-0.15, -0.1) is 22.7 Å². The fourth-order valence-electron chi connectivity index (χ4n) is 2.99. The number of nitrogens with one attached hydrogen (secondary N) is 1. The van der Waals surface area contributed by atoms with E-state index in [-0.39, 0.29) is 18.1 Å². The van der Waals surface area contributed by atoms with Crippen molar-refractivity contribution in [3.63, 3.8) is 0 Å². The van der Waals surface area contributed by atoms with E-state index in [1.165, 1.54) is 22.7 Å². The Morgan fingerprint density at radius 1 is 1.24 bits per heavy atom. The lowest BCUT2D eigenvalue weighted by Crippen LogP contribution is -2.20. The molecule has 0 aliphatic rings. The van der Waals surface area contributed by atoms with Gasteiger partial charge in [-0.25, -0.2) is 9.78 Å². The van der Waals surface area contributed by atoms with Crippen LogP contribution in [0.25, 0.3) is 10.2 Å². The second-order valence-electron chi connectivity index (χ2n) is 6.61. The van der Waals surface area contributed by atoms with Crippen molar-refractivity contribution in [2.24, 2.45) is 0 Å². The third-order valence-electron chi connectivity index (χ3n) is 4.45. The highest BCUT2D eigenvalue weighted by molar-refractivity contribution is 7.21. The highest BCUT2D eigenvalue weighted by Crippen LogP contribution is 2.31. The molecule has 0 aromatic carbocycles. The molecule has 3 heterocycles. The smallest absolute Gasteiger partial charge is 0.341 e. The molecule has 0 saturated carbocycles. The Morgan fingerprint density at radius 2 is 2.00 bits per heavy atom. The molecule has 1 N–H and O–H groups in total. The highest BCUT2D eigenvalue weighted by atomic mass is 32.1. The van der Waals surface area contributed by atoms with E-state index < -0.39 is 5.97 Å². The number of anilines is 1. The molecule has 0 aliphatic heterocycles. The SMILES string of the molecule is CCCCn1cnc2sc(C(=O)Nc3sc(C)cc3C(=O)OCC)c(C)c2c1=O. The summed E-state index contributed by atoms with van der Waals surface area (Å²) in [6.45, 7) is 8.27. The van der Waals surface area contributed by atoms with E-state index in [9.17, 15) is 14.4 Å². The Morgan fingerprint density at radius 3 is 2.69 bits per heavy atom. The number of esters is 1. The van der Waals surface area contributed by atoms with Gasteiger partial charge in [0.2, 0.25) is 0 Å². The minimum absolute atomic E-state index is 0.129. The standard InChI is InChI=1S/C20H23N3O4S2/c1-5-7-8-23-10-21-18-14(19(23)25)12(4)15(29-18)16(24)22-17-13(9-11(3)28-17)20(26)27-6-2/h9-10H,5-8H2,1-4H3,(H,22,24). The molecule has 3 aromatic rings. The Balaban J connectivity index is 1.95. The maximum Gasteiger partial charge on any atom is 0.341 e. The highest BCUT2D eigenvalue weighted by Gasteiger charge is 2.23. The van der Waals surface area contributed by atoms with E-state index in [0.29, 0.717) is 37.8 Å². The van der Waals surface area contributed by atoms with E-state index in [1.54, 1.807) is 30.8 Å². The van der Waals surface area contributed by atoms with Gasteiger partial charge in [0.05, 0.1) is 28.8 Å². The fourth-order valence-corrected chi connectivity index (χ4v) is 4.92. The van der Waals surface area contributed by atoms with Crippen LogP contribution in [0.1, 0.15) is 57.2 Å². The van der Waals surface area contributed by atoms with Gasteiger partial charge < -0.3 is 10.1 Å². The number of thiophene rings is 2. The lowest BCUT2D eigenvalue weighted by molar-refractivity contribution is 0.0528. The van der Waals surface area contributed by atoms with Crippen molar-refractivity contribution in [3.8, 4) is 0 Å². The normalized spacial score (nSPS) is 11.0. The average Bonchev–Trinajstić information content (AvgIpc) is 3.21. The second kappa shape index (κ2) is 8.87. The van der Waals surface area contributed by atoms with Crippen molar-refractivity contribution in [1.29, 1.82) is 0 Å². The van der Waals surface area contributed by atoms with Gasteiger partial charge >= 0.3 is 5.97 Å². The Labute approximate surface area is 176 Å². The van der Waals surface area contributed by atoms with Crippen LogP contribution in [0.2, 0.25) is 0 Å². The van der Waals surface area contributed by atoms with Gasteiger partial charge in [0, 0.05) is 11.4 Å². The quantitative estimate of drug-likeness (QED) is 0.559. The van der Waals surface area contributed by atoms with Crippen LogP contribution in [0.3, 0.4) is 0 Å². The first-order valence-corrected chi connectivity index (χ1v) is 11.1. The summed E-state index contributed by atoms with van der Waals surface area (Å²) < 4.78 is 6.66. The monoisotopic (exact) mass is 433 g/mol. The minimum Gasteiger partial charge on any atom is -0.462 e. The molecule has 0 aliphatic carbocycles. The van der Waals surface area contributed by atoms with Crippen LogP contribution in [0.15, 0.2) is 17.2 Å². The van der Waals surface area contributed by atoms with Crippen LogP contribution in [-0.2, 0) is 11.3 Å². The molecule has 1 amide bonds. The molecule has 0 atom stereocenters. The van der Waals surface area contributed by atoms with Crippen molar-refractivity contribution < 1.29 is 14.3 Å². The topological polar surface area (TPSA) is 90.3 Å². The van der Waals surface area contributed by atoms with Crippen LogP contribution in [0, 0.1) is 13.8 Å². The zero-order valence-corrected chi connectivity index (χ0v) is 18.5. The van der Waals surface area contributed by atoms with Crippen LogP contribution in [-0.4, -0.2) is 28.0 Å². The second-order valence-corrected chi connectivity index (χ2v) is 8.86. The number of carbonyl (C=O) groups is 2. The summed E-state index contributed by atoms with van der Waals surface area (Å²) in [4.78, 5) is 44.1. The van der Waals surface area contributed by atoms with Gasteiger partial charge in [-0.3, -0.25) is 14.2 Å². The lowest BCUT2D eigenvalue weighted by Gasteiger charge is -2.06. The molecule has 0 unspecified atom stereocenters. The first-order chi connectivity index (χ1) is 13.9. The molecule has 0 bridgehead atoms. The van der Waals surface area contributed by atoms with Crippen molar-refractivity contribution in [3.05, 3.63) is 43.6 Å². The Kier molecular flexibility index (Phi) is 6.49. The molecule has 0 saturated heterocycles. The first kappa shape index (κ1) is 21.2. The van der Waals surface area contributed by atoms with Crippen LogP contribution < -0.4 is 10.9 Å². The molecular formula is C20H23N3O4S2. The largest absolute Gasteiger partial charge is 0.462 e. The number of hydrogen-bond acceptors (Lipinski definition) is 7. The maximum absolute atomic E-state index is 12.9. The van der Waals surface area contributed by atoms with E-state index in [4.69, 9.17) is 4.74 Å². The summed E-state index contributed by atoms with van der Waals surface area (Å²) in [5, 5.41) is 3.73. The van der Waals surface area contributed by atoms with Crippen LogP contribution in [0.5, 0.6) is 0 Å². The van der Waals surface area contributed by atoms with Crippen molar-refractivity contribution in [2.45, 2.75) is 47.1 Å². The molecular weight excluding hydrogens is 410 g/mol. The summed E-state index contributed by atoms with van der Waals surface area (Å²) in [6.07, 6.45) is 3.40. The molecule has 0 fully saturated rings. The molecule has 3 aromatic heterocycles. The summed E-state index contributed by atoms with van der Waals surface area (Å²) in [5.74, 6) is -0.835. The van der Waals surface area contributed by atoms with Gasteiger partial charge in [0.15, 0.2) is 0 Å². The molecule has 0 radical (unpaired) electrons. The first-order valence-electron chi connectivity index (χ1n) is 9.44. The molecule has 3 rings (SSSR count). The Bertz CT molecular complexity index is 1130. The number of fused-ring (bicyclic) bond motifs is 1. The van der Waals surface area contributed by atoms with Gasteiger partial charge in [-0.2, -0.15) is 0 Å². The van der Waals surface area contributed by atoms with Gasteiger partial charge in [0.1, 0.15) is 9.83 Å². The zero-order chi connectivity index (χ0) is 21.1. The van der Waals surface area contributed by atoms with Crippen LogP contribution >= 0.6 is 22.7 Å². The van der Waals surface area contributed by atoms with Gasteiger partial charge in [0.25, 0.3) is 11.5 Å². The van der Waals surface area contributed by atoms with Crippen LogP contribution in [0.4, 0.5) is 5.00 Å². The number of nitrogens with zero attached hydrogens (tertiary/aromatic N) is 2. The van der Waals surface area contributed by atoms with Crippen molar-refractivity contribution in [1.82, 2.24) is 9.55 Å². The van der Waals surface area contributed by atoms with Gasteiger partial charge in [-0.1, -0.05) is 13.3 Å². The predicted molar refractivity (Wildman–Crippen MR) is 116 cm³/mol. The van der Waals surface area contributed by atoms with E-state index in [0.717, 1.165) is 17.7 Å².